The lowest BCUT2D eigenvalue weighted by atomic mass is 10.2. The molecule has 7 heteroatoms. The quantitative estimate of drug-likeness (QED) is 0.870. The molecule has 1 aliphatic heterocycles. The van der Waals surface area contributed by atoms with Crippen LogP contribution in [-0.4, -0.2) is 44.7 Å². The molecule has 5 nitrogen and oxygen atoms in total. The van der Waals surface area contributed by atoms with Crippen molar-refractivity contribution < 1.29 is 8.42 Å². The number of hydrogen-bond acceptors (Lipinski definition) is 4. The molecule has 2 N–H and O–H groups in total. The van der Waals surface area contributed by atoms with E-state index in [1.165, 1.54) is 0 Å². The third kappa shape index (κ3) is 4.76. The second kappa shape index (κ2) is 6.42. The molecule has 1 unspecified atom stereocenters. The molecule has 2 rings (SSSR count). The summed E-state index contributed by atoms with van der Waals surface area (Å²) < 4.78 is 25.0. The lowest BCUT2D eigenvalue weighted by Gasteiger charge is -2.21. The molecule has 1 fully saturated rings. The molecule has 1 aromatic carbocycles. The van der Waals surface area contributed by atoms with Crippen LogP contribution >= 0.6 is 11.6 Å². The van der Waals surface area contributed by atoms with Gasteiger partial charge in [0, 0.05) is 25.2 Å². The summed E-state index contributed by atoms with van der Waals surface area (Å²) in [4.78, 5) is 2.41. The Kier molecular flexibility index (Phi) is 5.01. The Balaban J connectivity index is 2.08. The summed E-state index contributed by atoms with van der Waals surface area (Å²) in [6, 6.07) is 5.96. The molecule has 0 aromatic heterocycles. The van der Waals surface area contributed by atoms with Crippen molar-refractivity contribution in [3.05, 3.63) is 23.2 Å². The molecule has 0 saturated carbocycles. The average Bonchev–Trinajstić information content (AvgIpc) is 2.80. The van der Waals surface area contributed by atoms with Gasteiger partial charge in [-0.25, -0.2) is 8.42 Å². The predicted octanol–water partition coefficient (Wildman–Crippen LogP) is 2.61. The fourth-order valence-electron chi connectivity index (χ4n) is 2.51. The molecule has 1 heterocycles. The van der Waals surface area contributed by atoms with E-state index < -0.39 is 10.0 Å². The van der Waals surface area contributed by atoms with E-state index in [2.05, 4.69) is 28.8 Å². The lowest BCUT2D eigenvalue weighted by molar-refractivity contribution is 0.274. The van der Waals surface area contributed by atoms with E-state index in [0.717, 1.165) is 31.5 Å². The van der Waals surface area contributed by atoms with E-state index >= 15 is 0 Å². The zero-order chi connectivity index (χ0) is 15.6. The highest BCUT2D eigenvalue weighted by Crippen LogP contribution is 2.28. The molecule has 1 aliphatic rings. The number of halogens is 1. The molecule has 1 atom stereocenters. The first-order valence-electron chi connectivity index (χ1n) is 7.02. The first-order valence-corrected chi connectivity index (χ1v) is 9.29. The van der Waals surface area contributed by atoms with E-state index in [1.807, 2.05) is 0 Å². The zero-order valence-corrected chi connectivity index (χ0v) is 14.1. The molecule has 0 radical (unpaired) electrons. The van der Waals surface area contributed by atoms with Gasteiger partial charge < -0.3 is 5.32 Å². The maximum atomic E-state index is 11.3. The smallest absolute Gasteiger partial charge is 0.229 e. The van der Waals surface area contributed by atoms with Gasteiger partial charge in [0.05, 0.1) is 22.7 Å². The van der Waals surface area contributed by atoms with Crippen LogP contribution < -0.4 is 10.0 Å². The SMILES string of the molecule is CC(C)N1CCC(Nc2cc(NS(C)(=O)=O)ccc2Cl)C1. The van der Waals surface area contributed by atoms with Crippen molar-refractivity contribution >= 4 is 33.0 Å². The van der Waals surface area contributed by atoms with Gasteiger partial charge in [0.25, 0.3) is 0 Å². The monoisotopic (exact) mass is 331 g/mol. The van der Waals surface area contributed by atoms with Crippen LogP contribution in [-0.2, 0) is 10.0 Å². The number of nitrogens with one attached hydrogen (secondary N) is 2. The minimum absolute atomic E-state index is 0.332. The Morgan fingerprint density at radius 3 is 2.67 bits per heavy atom. The maximum absolute atomic E-state index is 11.3. The summed E-state index contributed by atoms with van der Waals surface area (Å²) in [6.45, 7) is 6.41. The summed E-state index contributed by atoms with van der Waals surface area (Å²) in [7, 11) is -3.28. The fourth-order valence-corrected chi connectivity index (χ4v) is 3.23. The number of likely N-dealkylation sites (tertiary alicyclic amines) is 1. The zero-order valence-electron chi connectivity index (χ0n) is 12.6. The summed E-state index contributed by atoms with van der Waals surface area (Å²) in [5, 5.41) is 4.01. The molecule has 1 saturated heterocycles. The molecule has 118 valence electrons. The highest BCUT2D eigenvalue weighted by atomic mass is 35.5. The standard InChI is InChI=1S/C14H22ClN3O2S/c1-10(2)18-7-6-12(9-18)16-14-8-11(4-5-13(14)15)17-21(3,19)20/h4-5,8,10,12,16-17H,6-7,9H2,1-3H3. The van der Waals surface area contributed by atoms with Gasteiger partial charge in [-0.2, -0.15) is 0 Å². The first kappa shape index (κ1) is 16.4. The maximum Gasteiger partial charge on any atom is 0.229 e. The fraction of sp³-hybridized carbons (Fsp3) is 0.571. The molecule has 1 aromatic rings. The minimum Gasteiger partial charge on any atom is -0.380 e. The van der Waals surface area contributed by atoms with Crippen LogP contribution in [0.5, 0.6) is 0 Å². The number of anilines is 2. The second-order valence-electron chi connectivity index (χ2n) is 5.79. The van der Waals surface area contributed by atoms with Crippen molar-refractivity contribution in [1.82, 2.24) is 4.90 Å². The van der Waals surface area contributed by atoms with Crippen LogP contribution in [0.15, 0.2) is 18.2 Å². The van der Waals surface area contributed by atoms with Crippen molar-refractivity contribution in [2.75, 3.05) is 29.4 Å². The molecule has 0 bridgehead atoms. The number of nitrogens with zero attached hydrogens (tertiary/aromatic N) is 1. The van der Waals surface area contributed by atoms with Crippen LogP contribution in [0.25, 0.3) is 0 Å². The van der Waals surface area contributed by atoms with Crippen LogP contribution in [0.1, 0.15) is 20.3 Å². The second-order valence-corrected chi connectivity index (χ2v) is 7.94. The van der Waals surface area contributed by atoms with E-state index in [9.17, 15) is 8.42 Å². The Morgan fingerprint density at radius 1 is 1.38 bits per heavy atom. The van der Waals surface area contributed by atoms with Gasteiger partial charge in [-0.05, 0) is 38.5 Å². The van der Waals surface area contributed by atoms with Crippen LogP contribution in [0, 0.1) is 0 Å². The third-order valence-electron chi connectivity index (χ3n) is 3.58. The Labute approximate surface area is 131 Å². The largest absolute Gasteiger partial charge is 0.380 e. The predicted molar refractivity (Wildman–Crippen MR) is 88.7 cm³/mol. The Morgan fingerprint density at radius 2 is 2.10 bits per heavy atom. The van der Waals surface area contributed by atoms with Crippen molar-refractivity contribution in [1.29, 1.82) is 0 Å². The van der Waals surface area contributed by atoms with Crippen LogP contribution in [0.3, 0.4) is 0 Å². The summed E-state index contributed by atoms with van der Waals surface area (Å²) in [6.07, 6.45) is 2.18. The minimum atomic E-state index is -3.28. The highest BCUT2D eigenvalue weighted by molar-refractivity contribution is 7.92. The number of benzene rings is 1. The summed E-state index contributed by atoms with van der Waals surface area (Å²) in [5.41, 5.74) is 1.28. The summed E-state index contributed by atoms with van der Waals surface area (Å²) in [5.74, 6) is 0. The van der Waals surface area contributed by atoms with Gasteiger partial charge >= 0.3 is 0 Å². The van der Waals surface area contributed by atoms with Gasteiger partial charge in [0.15, 0.2) is 0 Å². The van der Waals surface area contributed by atoms with Gasteiger partial charge in [-0.15, -0.1) is 0 Å². The van der Waals surface area contributed by atoms with Crippen molar-refractivity contribution in [2.45, 2.75) is 32.4 Å². The molecular weight excluding hydrogens is 310 g/mol. The first-order chi connectivity index (χ1) is 9.74. The Bertz CT molecular complexity index is 604. The van der Waals surface area contributed by atoms with Crippen molar-refractivity contribution in [3.63, 3.8) is 0 Å². The number of hydrogen-bond donors (Lipinski definition) is 2. The normalized spacial score (nSPS) is 20.0. The van der Waals surface area contributed by atoms with Gasteiger partial charge in [-0.1, -0.05) is 11.6 Å². The topological polar surface area (TPSA) is 61.4 Å². The summed E-state index contributed by atoms with van der Waals surface area (Å²) >= 11 is 6.19. The molecule has 0 spiro atoms. The van der Waals surface area contributed by atoms with Crippen molar-refractivity contribution in [3.8, 4) is 0 Å². The molecule has 21 heavy (non-hydrogen) atoms. The van der Waals surface area contributed by atoms with Gasteiger partial charge in [0.2, 0.25) is 10.0 Å². The van der Waals surface area contributed by atoms with Gasteiger partial charge in [-0.3, -0.25) is 9.62 Å². The number of sulfonamides is 1. The Hall–Kier alpha value is -0.980. The highest BCUT2D eigenvalue weighted by Gasteiger charge is 2.24. The van der Waals surface area contributed by atoms with E-state index in [4.69, 9.17) is 11.6 Å². The van der Waals surface area contributed by atoms with E-state index in [0.29, 0.717) is 22.8 Å². The van der Waals surface area contributed by atoms with Crippen LogP contribution in [0.4, 0.5) is 11.4 Å². The molecule has 0 amide bonds. The number of rotatable bonds is 5. The van der Waals surface area contributed by atoms with Crippen molar-refractivity contribution in [2.24, 2.45) is 0 Å². The molecule has 0 aliphatic carbocycles. The third-order valence-corrected chi connectivity index (χ3v) is 4.52. The average molecular weight is 332 g/mol. The lowest BCUT2D eigenvalue weighted by Crippen LogP contribution is -2.31. The van der Waals surface area contributed by atoms with Gasteiger partial charge in [0.1, 0.15) is 0 Å². The molecular formula is C14H22ClN3O2S. The van der Waals surface area contributed by atoms with Crippen LogP contribution in [0.2, 0.25) is 5.02 Å². The van der Waals surface area contributed by atoms with E-state index in [1.54, 1.807) is 18.2 Å². The van der Waals surface area contributed by atoms with E-state index in [-0.39, 0.29) is 0 Å².